The number of carbonyl (C=O) groups excluding carboxylic acids is 1. The summed E-state index contributed by atoms with van der Waals surface area (Å²) in [5.74, 6) is 2.05. The van der Waals surface area contributed by atoms with Crippen molar-refractivity contribution in [3.05, 3.63) is 30.4 Å². The Labute approximate surface area is 123 Å². The summed E-state index contributed by atoms with van der Waals surface area (Å²) in [7, 11) is 1.57. The molecule has 2 aromatic heterocycles. The topological polar surface area (TPSA) is 83.0 Å². The van der Waals surface area contributed by atoms with Gasteiger partial charge in [-0.3, -0.25) is 4.57 Å². The number of rotatable bonds is 5. The number of aryl methyl sites for hydroxylation is 1. The maximum Gasteiger partial charge on any atom is 0.324 e. The van der Waals surface area contributed by atoms with E-state index in [0.29, 0.717) is 11.6 Å². The van der Waals surface area contributed by atoms with E-state index in [9.17, 15) is 4.79 Å². The van der Waals surface area contributed by atoms with E-state index in [0.717, 1.165) is 30.1 Å². The third kappa shape index (κ3) is 3.04. The smallest absolute Gasteiger partial charge is 0.324 e. The summed E-state index contributed by atoms with van der Waals surface area (Å²) in [4.78, 5) is 20.2. The van der Waals surface area contributed by atoms with Gasteiger partial charge in [-0.1, -0.05) is 12.8 Å². The van der Waals surface area contributed by atoms with Crippen LogP contribution in [0, 0.1) is 5.92 Å². The lowest BCUT2D eigenvalue weighted by atomic mass is 10.2. The van der Waals surface area contributed by atoms with Crippen LogP contribution in [-0.4, -0.2) is 27.7 Å². The van der Waals surface area contributed by atoms with E-state index in [1.54, 1.807) is 25.6 Å². The van der Waals surface area contributed by atoms with Gasteiger partial charge in [-0.25, -0.2) is 14.8 Å². The molecule has 6 nitrogen and oxygen atoms in total. The van der Waals surface area contributed by atoms with Gasteiger partial charge in [-0.15, -0.1) is 0 Å². The number of carbonyl (C=O) groups is 1. The molecule has 1 amide bonds. The Kier molecular flexibility index (Phi) is 3.60. The minimum Gasteiger partial charge on any atom is -0.481 e. The first kappa shape index (κ1) is 13.6. The summed E-state index contributed by atoms with van der Waals surface area (Å²) in [5, 5.41) is 0. The highest BCUT2D eigenvalue weighted by Gasteiger charge is 2.22. The van der Waals surface area contributed by atoms with Crippen LogP contribution in [-0.2, 0) is 6.42 Å². The van der Waals surface area contributed by atoms with E-state index in [-0.39, 0.29) is 0 Å². The third-order valence-electron chi connectivity index (χ3n) is 3.73. The molecule has 110 valence electrons. The van der Waals surface area contributed by atoms with Gasteiger partial charge in [0, 0.05) is 30.4 Å². The molecule has 2 aromatic rings. The number of imidazole rings is 1. The first-order chi connectivity index (χ1) is 10.2. The molecule has 1 saturated carbocycles. The van der Waals surface area contributed by atoms with E-state index in [4.69, 9.17) is 10.5 Å². The SMILES string of the molecule is COc1ccc(-c2cn(C(N)=O)c(CCC3CC3)n2)cn1. The number of pyridine rings is 1. The quantitative estimate of drug-likeness (QED) is 0.913. The highest BCUT2D eigenvalue weighted by Crippen LogP contribution is 2.33. The average Bonchev–Trinajstić information content (AvgIpc) is 3.23. The second-order valence-corrected chi connectivity index (χ2v) is 5.32. The lowest BCUT2D eigenvalue weighted by Crippen LogP contribution is -2.21. The van der Waals surface area contributed by atoms with Crippen molar-refractivity contribution >= 4 is 6.03 Å². The van der Waals surface area contributed by atoms with Crippen molar-refractivity contribution < 1.29 is 9.53 Å². The first-order valence-electron chi connectivity index (χ1n) is 7.06. The molecule has 2 N–H and O–H groups in total. The van der Waals surface area contributed by atoms with Gasteiger partial charge in [0.2, 0.25) is 5.88 Å². The molecular formula is C15H18N4O2. The normalized spacial score (nSPS) is 14.1. The molecule has 21 heavy (non-hydrogen) atoms. The van der Waals surface area contributed by atoms with Crippen molar-refractivity contribution in [2.24, 2.45) is 11.7 Å². The molecule has 6 heteroatoms. The van der Waals surface area contributed by atoms with Crippen molar-refractivity contribution in [1.82, 2.24) is 14.5 Å². The second-order valence-electron chi connectivity index (χ2n) is 5.32. The zero-order valence-electron chi connectivity index (χ0n) is 12.0. The van der Waals surface area contributed by atoms with E-state index in [1.807, 2.05) is 6.07 Å². The molecule has 0 aliphatic heterocycles. The highest BCUT2D eigenvalue weighted by molar-refractivity contribution is 5.77. The van der Waals surface area contributed by atoms with E-state index >= 15 is 0 Å². The summed E-state index contributed by atoms with van der Waals surface area (Å²) >= 11 is 0. The maximum absolute atomic E-state index is 11.5. The van der Waals surface area contributed by atoms with Gasteiger partial charge in [-0.05, 0) is 18.4 Å². The third-order valence-corrected chi connectivity index (χ3v) is 3.73. The monoisotopic (exact) mass is 286 g/mol. The molecule has 0 aromatic carbocycles. The summed E-state index contributed by atoms with van der Waals surface area (Å²) in [6.07, 6.45) is 7.76. The van der Waals surface area contributed by atoms with Gasteiger partial charge in [-0.2, -0.15) is 0 Å². The van der Waals surface area contributed by atoms with Gasteiger partial charge in [0.1, 0.15) is 5.82 Å². The lowest BCUT2D eigenvalue weighted by molar-refractivity contribution is 0.249. The Balaban J connectivity index is 1.86. The molecule has 0 saturated heterocycles. The molecule has 0 bridgehead atoms. The Hall–Kier alpha value is -2.37. The Bertz CT molecular complexity index is 644. The number of methoxy groups -OCH3 is 1. The minimum absolute atomic E-state index is 0.499. The largest absolute Gasteiger partial charge is 0.481 e. The number of ether oxygens (including phenoxy) is 1. The van der Waals surface area contributed by atoms with E-state index < -0.39 is 6.03 Å². The van der Waals surface area contributed by atoms with Crippen molar-refractivity contribution in [2.45, 2.75) is 25.7 Å². The van der Waals surface area contributed by atoms with Crippen molar-refractivity contribution in [1.29, 1.82) is 0 Å². The van der Waals surface area contributed by atoms with Gasteiger partial charge >= 0.3 is 6.03 Å². The molecule has 0 atom stereocenters. The fourth-order valence-corrected chi connectivity index (χ4v) is 2.32. The number of hydrogen-bond donors (Lipinski definition) is 1. The van der Waals surface area contributed by atoms with Crippen LogP contribution in [0.5, 0.6) is 5.88 Å². The van der Waals surface area contributed by atoms with Crippen LogP contribution in [0.25, 0.3) is 11.3 Å². The van der Waals surface area contributed by atoms with Crippen LogP contribution in [0.1, 0.15) is 25.1 Å². The van der Waals surface area contributed by atoms with E-state index in [1.165, 1.54) is 17.4 Å². The Morgan fingerprint density at radius 1 is 1.48 bits per heavy atom. The van der Waals surface area contributed by atoms with Crippen molar-refractivity contribution in [3.8, 4) is 17.1 Å². The zero-order chi connectivity index (χ0) is 14.8. The molecule has 1 aliphatic carbocycles. The second kappa shape index (κ2) is 5.55. The lowest BCUT2D eigenvalue weighted by Gasteiger charge is -2.01. The standard InChI is InChI=1S/C15H18N4O2/c1-21-14-7-5-11(8-17-14)12-9-19(15(16)20)13(18-12)6-4-10-2-3-10/h5,7-10H,2-4,6H2,1H3,(H2,16,20). The fourth-order valence-electron chi connectivity index (χ4n) is 2.32. The molecule has 0 unspecified atom stereocenters. The number of nitrogens with two attached hydrogens (primary N) is 1. The van der Waals surface area contributed by atoms with Gasteiger partial charge in [0.25, 0.3) is 0 Å². The number of amides is 1. The van der Waals surface area contributed by atoms with Crippen LogP contribution in [0.4, 0.5) is 4.79 Å². The van der Waals surface area contributed by atoms with Crippen LogP contribution >= 0.6 is 0 Å². The predicted molar refractivity (Wildman–Crippen MR) is 78.0 cm³/mol. The molecule has 0 spiro atoms. The van der Waals surface area contributed by atoms with Gasteiger partial charge < -0.3 is 10.5 Å². The number of nitrogens with zero attached hydrogens (tertiary/aromatic N) is 3. The van der Waals surface area contributed by atoms with Gasteiger partial charge in [0.15, 0.2) is 0 Å². The average molecular weight is 286 g/mol. The zero-order valence-corrected chi connectivity index (χ0v) is 12.0. The Morgan fingerprint density at radius 2 is 2.29 bits per heavy atom. The number of hydrogen-bond acceptors (Lipinski definition) is 4. The number of aromatic nitrogens is 3. The first-order valence-corrected chi connectivity index (χ1v) is 7.06. The van der Waals surface area contributed by atoms with Crippen molar-refractivity contribution in [2.75, 3.05) is 7.11 Å². The molecule has 1 aliphatic rings. The summed E-state index contributed by atoms with van der Waals surface area (Å²) in [5.41, 5.74) is 6.96. The maximum atomic E-state index is 11.5. The Morgan fingerprint density at radius 3 is 2.86 bits per heavy atom. The summed E-state index contributed by atoms with van der Waals surface area (Å²) in [6, 6.07) is 3.13. The van der Waals surface area contributed by atoms with Gasteiger partial charge in [0.05, 0.1) is 12.8 Å². The van der Waals surface area contributed by atoms with Crippen LogP contribution < -0.4 is 10.5 Å². The van der Waals surface area contributed by atoms with E-state index in [2.05, 4.69) is 9.97 Å². The van der Waals surface area contributed by atoms with Crippen molar-refractivity contribution in [3.63, 3.8) is 0 Å². The summed E-state index contributed by atoms with van der Waals surface area (Å²) < 4.78 is 6.47. The van der Waals surface area contributed by atoms with Crippen LogP contribution in [0.2, 0.25) is 0 Å². The van der Waals surface area contributed by atoms with Crippen LogP contribution in [0.15, 0.2) is 24.5 Å². The highest BCUT2D eigenvalue weighted by atomic mass is 16.5. The summed E-state index contributed by atoms with van der Waals surface area (Å²) in [6.45, 7) is 0. The predicted octanol–water partition coefficient (Wildman–Crippen LogP) is 2.22. The molecule has 2 heterocycles. The minimum atomic E-state index is -0.499. The molecule has 1 fully saturated rings. The molecular weight excluding hydrogens is 268 g/mol. The fraction of sp³-hybridized carbons (Fsp3) is 0.400. The molecule has 3 rings (SSSR count). The number of primary amides is 1. The molecule has 0 radical (unpaired) electrons. The van der Waals surface area contributed by atoms with Crippen LogP contribution in [0.3, 0.4) is 0 Å².